The lowest BCUT2D eigenvalue weighted by atomic mass is 10.1. The molecule has 8 heteroatoms. The van der Waals surface area contributed by atoms with Gasteiger partial charge >= 0.3 is 0 Å². The average Bonchev–Trinajstić information content (AvgIpc) is 2.81. The number of aromatic nitrogens is 4. The van der Waals surface area contributed by atoms with Crippen molar-refractivity contribution in [2.45, 2.75) is 19.9 Å². The predicted octanol–water partition coefficient (Wildman–Crippen LogP) is 0.892. The van der Waals surface area contributed by atoms with Gasteiger partial charge in [0.25, 0.3) is 0 Å². The number of nitrogens with one attached hydrogen (secondary N) is 1. The van der Waals surface area contributed by atoms with Gasteiger partial charge in [-0.25, -0.2) is 0 Å². The number of benzene rings is 1. The molecule has 7 nitrogen and oxygen atoms in total. The Kier molecular flexibility index (Phi) is 6.06. The molecule has 1 fully saturated rings. The smallest absolute Gasteiger partial charge is 0.246 e. The Morgan fingerprint density at radius 3 is 2.78 bits per heavy atom. The van der Waals surface area contributed by atoms with Crippen LogP contribution in [-0.2, 0) is 11.3 Å². The molecule has 0 radical (unpaired) electrons. The topological polar surface area (TPSA) is 75.9 Å². The molecule has 0 aliphatic carbocycles. The van der Waals surface area contributed by atoms with Crippen LogP contribution in [-0.4, -0.2) is 57.2 Å². The Bertz CT molecular complexity index is 634. The Balaban J connectivity index is 0.00000192. The van der Waals surface area contributed by atoms with Crippen molar-refractivity contribution in [3.63, 3.8) is 0 Å². The quantitative estimate of drug-likeness (QED) is 0.901. The van der Waals surface area contributed by atoms with Crippen LogP contribution in [0.1, 0.15) is 12.0 Å². The summed E-state index contributed by atoms with van der Waals surface area (Å²) in [6.45, 7) is 5.49. The summed E-state index contributed by atoms with van der Waals surface area (Å²) in [5.74, 6) is 0.585. The maximum atomic E-state index is 12.3. The second-order valence-corrected chi connectivity index (χ2v) is 5.49. The second kappa shape index (κ2) is 8.03. The molecule has 0 atom stereocenters. The van der Waals surface area contributed by atoms with E-state index in [0.29, 0.717) is 5.82 Å². The van der Waals surface area contributed by atoms with Crippen LogP contribution in [0.5, 0.6) is 0 Å². The molecule has 1 aromatic heterocycles. The van der Waals surface area contributed by atoms with Crippen LogP contribution < -0.4 is 5.32 Å². The fourth-order valence-corrected chi connectivity index (χ4v) is 2.44. The van der Waals surface area contributed by atoms with Gasteiger partial charge in [-0.15, -0.1) is 22.6 Å². The molecule has 1 aliphatic rings. The summed E-state index contributed by atoms with van der Waals surface area (Å²) in [4.78, 5) is 15.5. The van der Waals surface area contributed by atoms with Gasteiger partial charge in [-0.1, -0.05) is 29.8 Å². The van der Waals surface area contributed by atoms with E-state index in [1.54, 1.807) is 0 Å². The predicted molar refractivity (Wildman–Crippen MR) is 89.3 cm³/mol. The lowest BCUT2D eigenvalue weighted by Gasteiger charge is -2.19. The Labute approximate surface area is 141 Å². The van der Waals surface area contributed by atoms with E-state index in [4.69, 9.17) is 0 Å². The third-order valence-corrected chi connectivity index (χ3v) is 3.73. The largest absolute Gasteiger partial charge is 0.340 e. The maximum Gasteiger partial charge on any atom is 0.246 e. The monoisotopic (exact) mass is 336 g/mol. The molecule has 3 rings (SSSR count). The van der Waals surface area contributed by atoms with Gasteiger partial charge in [-0.3, -0.25) is 4.79 Å². The summed E-state index contributed by atoms with van der Waals surface area (Å²) in [6, 6.07) is 7.93. The first-order valence-corrected chi connectivity index (χ1v) is 7.56. The Hall–Kier alpha value is -1.99. The number of tetrazole rings is 1. The number of hydrogen-bond donors (Lipinski definition) is 1. The molecule has 1 N–H and O–H groups in total. The van der Waals surface area contributed by atoms with E-state index in [2.05, 4.69) is 20.7 Å². The van der Waals surface area contributed by atoms with E-state index in [-0.39, 0.29) is 24.9 Å². The summed E-state index contributed by atoms with van der Waals surface area (Å²) < 4.78 is 0. The van der Waals surface area contributed by atoms with Crippen molar-refractivity contribution < 1.29 is 4.79 Å². The van der Waals surface area contributed by atoms with Gasteiger partial charge in [-0.05, 0) is 25.1 Å². The lowest BCUT2D eigenvalue weighted by molar-refractivity contribution is -0.132. The molecule has 23 heavy (non-hydrogen) atoms. The number of nitrogens with zero attached hydrogens (tertiary/aromatic N) is 5. The number of halogens is 1. The van der Waals surface area contributed by atoms with E-state index in [0.717, 1.165) is 38.2 Å². The van der Waals surface area contributed by atoms with Gasteiger partial charge in [0, 0.05) is 25.2 Å². The zero-order chi connectivity index (χ0) is 15.4. The first-order chi connectivity index (χ1) is 10.7. The van der Waals surface area contributed by atoms with Gasteiger partial charge in [0.1, 0.15) is 6.54 Å². The highest BCUT2D eigenvalue weighted by molar-refractivity contribution is 5.85. The number of hydrogen-bond acceptors (Lipinski definition) is 5. The molecule has 124 valence electrons. The molecule has 1 aromatic carbocycles. The van der Waals surface area contributed by atoms with Crippen molar-refractivity contribution in [1.82, 2.24) is 30.4 Å². The van der Waals surface area contributed by atoms with Gasteiger partial charge in [0.05, 0.1) is 0 Å². The average molecular weight is 337 g/mol. The van der Waals surface area contributed by atoms with E-state index < -0.39 is 0 Å². The van der Waals surface area contributed by atoms with Crippen molar-refractivity contribution in [1.29, 1.82) is 0 Å². The van der Waals surface area contributed by atoms with Crippen molar-refractivity contribution in [2.75, 3.05) is 26.2 Å². The summed E-state index contributed by atoms with van der Waals surface area (Å²) in [5, 5.41) is 15.6. The van der Waals surface area contributed by atoms with Gasteiger partial charge < -0.3 is 10.2 Å². The molecule has 0 bridgehead atoms. The van der Waals surface area contributed by atoms with E-state index in [1.165, 1.54) is 10.4 Å². The minimum atomic E-state index is 0. The molecule has 1 aliphatic heterocycles. The van der Waals surface area contributed by atoms with E-state index >= 15 is 0 Å². The fraction of sp³-hybridized carbons (Fsp3) is 0.467. The number of aryl methyl sites for hydroxylation is 1. The van der Waals surface area contributed by atoms with E-state index in [1.807, 2.05) is 36.1 Å². The molecular formula is C15H21ClN6O. The number of carbonyl (C=O) groups is 1. The molecule has 2 aromatic rings. The molecule has 0 unspecified atom stereocenters. The highest BCUT2D eigenvalue weighted by atomic mass is 35.5. The summed E-state index contributed by atoms with van der Waals surface area (Å²) in [5.41, 5.74) is 2.09. The normalized spacial score (nSPS) is 14.9. The third-order valence-electron chi connectivity index (χ3n) is 3.73. The Morgan fingerprint density at radius 2 is 2.00 bits per heavy atom. The number of amides is 1. The van der Waals surface area contributed by atoms with Crippen LogP contribution in [0.3, 0.4) is 0 Å². The Morgan fingerprint density at radius 1 is 1.22 bits per heavy atom. The zero-order valence-electron chi connectivity index (χ0n) is 13.1. The lowest BCUT2D eigenvalue weighted by Crippen LogP contribution is -2.36. The van der Waals surface area contributed by atoms with Crippen LogP contribution in [0.25, 0.3) is 11.4 Å². The SMILES string of the molecule is Cc1ccc(-c2nnn(CC(=O)N3CCCNCC3)n2)cc1.Cl. The molecular weight excluding hydrogens is 316 g/mol. The molecule has 0 spiro atoms. The van der Waals surface area contributed by atoms with Crippen LogP contribution in [0.4, 0.5) is 0 Å². The highest BCUT2D eigenvalue weighted by Gasteiger charge is 2.17. The first-order valence-electron chi connectivity index (χ1n) is 7.56. The minimum Gasteiger partial charge on any atom is -0.340 e. The van der Waals surface area contributed by atoms with Crippen molar-refractivity contribution in [3.05, 3.63) is 29.8 Å². The van der Waals surface area contributed by atoms with Crippen molar-refractivity contribution in [2.24, 2.45) is 0 Å². The zero-order valence-corrected chi connectivity index (χ0v) is 13.9. The van der Waals surface area contributed by atoms with E-state index in [9.17, 15) is 4.79 Å². The summed E-state index contributed by atoms with van der Waals surface area (Å²) in [7, 11) is 0. The number of rotatable bonds is 3. The first kappa shape index (κ1) is 17.4. The standard InChI is InChI=1S/C15H20N6O.ClH/c1-12-3-5-13(6-4-12)15-17-19-21(18-15)11-14(22)20-9-2-7-16-8-10-20;/h3-6,16H,2,7-11H2,1H3;1H. The van der Waals surface area contributed by atoms with Crippen molar-refractivity contribution >= 4 is 18.3 Å². The van der Waals surface area contributed by atoms with Crippen molar-refractivity contribution in [3.8, 4) is 11.4 Å². The van der Waals surface area contributed by atoms with Crippen LogP contribution in [0, 0.1) is 6.92 Å². The fourth-order valence-electron chi connectivity index (χ4n) is 2.44. The third kappa shape index (κ3) is 4.49. The highest BCUT2D eigenvalue weighted by Crippen LogP contribution is 2.13. The minimum absolute atomic E-state index is 0. The maximum absolute atomic E-state index is 12.3. The molecule has 1 amide bonds. The van der Waals surface area contributed by atoms with Gasteiger partial charge in [-0.2, -0.15) is 4.80 Å². The van der Waals surface area contributed by atoms with Gasteiger partial charge in [0.2, 0.25) is 11.7 Å². The van der Waals surface area contributed by atoms with Crippen LogP contribution in [0.2, 0.25) is 0 Å². The summed E-state index contributed by atoms with van der Waals surface area (Å²) in [6.07, 6.45) is 0.977. The summed E-state index contributed by atoms with van der Waals surface area (Å²) >= 11 is 0. The van der Waals surface area contributed by atoms with Crippen LogP contribution in [0.15, 0.2) is 24.3 Å². The second-order valence-electron chi connectivity index (χ2n) is 5.49. The van der Waals surface area contributed by atoms with Gasteiger partial charge in [0.15, 0.2) is 0 Å². The molecule has 2 heterocycles. The molecule has 1 saturated heterocycles. The molecule has 0 saturated carbocycles. The number of carbonyl (C=O) groups excluding carboxylic acids is 1. The van der Waals surface area contributed by atoms with Crippen LogP contribution >= 0.6 is 12.4 Å².